The molecule has 28 heavy (non-hydrogen) atoms. The Kier molecular flexibility index (Phi) is 4.24. The van der Waals surface area contributed by atoms with Crippen LogP contribution in [-0.2, 0) is 0 Å². The Hall–Kier alpha value is -3.45. The number of halogens is 1. The van der Waals surface area contributed by atoms with Crippen molar-refractivity contribution in [3.05, 3.63) is 86.9 Å². The number of carbonyl (C=O) groups is 3. The molecule has 0 saturated carbocycles. The van der Waals surface area contributed by atoms with E-state index in [4.69, 9.17) is 0 Å². The van der Waals surface area contributed by atoms with E-state index in [1.165, 1.54) is 24.3 Å². The fraction of sp³-hybridized carbons (Fsp3) is 0. The van der Waals surface area contributed by atoms with E-state index in [0.717, 1.165) is 10.5 Å². The van der Waals surface area contributed by atoms with Gasteiger partial charge in [0.25, 0.3) is 5.91 Å². The lowest BCUT2D eigenvalue weighted by Crippen LogP contribution is -2.22. The van der Waals surface area contributed by atoms with Crippen LogP contribution < -0.4 is 5.32 Å². The molecule has 0 aromatic heterocycles. The van der Waals surface area contributed by atoms with Gasteiger partial charge in [-0.15, -0.1) is 0 Å². The van der Waals surface area contributed by atoms with Crippen LogP contribution in [0.15, 0.2) is 59.1 Å². The Balaban J connectivity index is 1.78. The van der Waals surface area contributed by atoms with E-state index in [9.17, 15) is 24.6 Å². The molecule has 3 aromatic rings. The minimum Gasteiger partial charge on any atom is -0.507 e. The molecule has 1 amide bonds. The number of hydrogen-bond acceptors (Lipinski definition) is 5. The summed E-state index contributed by atoms with van der Waals surface area (Å²) in [5, 5.41) is 23.0. The maximum absolute atomic E-state index is 12.8. The third-order valence-electron chi connectivity index (χ3n) is 4.45. The maximum Gasteiger partial charge on any atom is 0.255 e. The van der Waals surface area contributed by atoms with Crippen molar-refractivity contribution < 1.29 is 24.6 Å². The van der Waals surface area contributed by atoms with Gasteiger partial charge in [0.2, 0.25) is 5.78 Å². The van der Waals surface area contributed by atoms with Gasteiger partial charge in [0.15, 0.2) is 5.78 Å². The maximum atomic E-state index is 12.8. The van der Waals surface area contributed by atoms with E-state index < -0.39 is 23.2 Å². The summed E-state index contributed by atoms with van der Waals surface area (Å²) >= 11 is 3.31. The Morgan fingerprint density at radius 2 is 1.54 bits per heavy atom. The first-order chi connectivity index (χ1) is 13.4. The summed E-state index contributed by atoms with van der Waals surface area (Å²) in [5.41, 5.74) is 0.124. The molecule has 1 aliphatic carbocycles. The molecule has 4 rings (SSSR count). The number of phenols is 2. The molecule has 0 saturated heterocycles. The minimum atomic E-state index is -0.667. The summed E-state index contributed by atoms with van der Waals surface area (Å²) in [7, 11) is 0. The molecule has 6 nitrogen and oxygen atoms in total. The van der Waals surface area contributed by atoms with Crippen molar-refractivity contribution in [2.24, 2.45) is 0 Å². The van der Waals surface area contributed by atoms with Crippen LogP contribution in [0.4, 0.5) is 5.69 Å². The van der Waals surface area contributed by atoms with Crippen LogP contribution in [0.1, 0.15) is 42.2 Å². The SMILES string of the molecule is O=C(Nc1cccc(Br)c1)c1cc(O)c2c(c1)C(=O)c1cccc(O)c1C2=O. The molecular weight excluding hydrogens is 426 g/mol. The summed E-state index contributed by atoms with van der Waals surface area (Å²) in [5.74, 6) is -2.59. The number of carbonyl (C=O) groups excluding carboxylic acids is 3. The van der Waals surface area contributed by atoms with Crippen LogP contribution in [0, 0.1) is 0 Å². The highest BCUT2D eigenvalue weighted by Crippen LogP contribution is 2.37. The third kappa shape index (κ3) is 2.86. The topological polar surface area (TPSA) is 104 Å². The van der Waals surface area contributed by atoms with Crippen molar-refractivity contribution in [3.63, 3.8) is 0 Å². The highest BCUT2D eigenvalue weighted by atomic mass is 79.9. The number of hydrogen-bond donors (Lipinski definition) is 3. The molecule has 7 heteroatoms. The number of fused-ring (bicyclic) bond motifs is 2. The van der Waals surface area contributed by atoms with Crippen molar-refractivity contribution in [2.75, 3.05) is 5.32 Å². The lowest BCUT2D eigenvalue weighted by molar-refractivity contribution is 0.0972. The number of anilines is 1. The predicted octanol–water partition coefficient (Wildman–Crippen LogP) is 3.89. The Morgan fingerprint density at radius 3 is 2.29 bits per heavy atom. The van der Waals surface area contributed by atoms with Crippen LogP contribution in [0.5, 0.6) is 11.5 Å². The number of phenolic OH excluding ortho intramolecular Hbond substituents is 2. The van der Waals surface area contributed by atoms with Gasteiger partial charge in [-0.3, -0.25) is 14.4 Å². The molecule has 3 aromatic carbocycles. The predicted molar refractivity (Wildman–Crippen MR) is 105 cm³/mol. The number of rotatable bonds is 2. The number of nitrogens with one attached hydrogen (secondary N) is 1. The molecule has 0 atom stereocenters. The quantitative estimate of drug-likeness (QED) is 0.441. The second kappa shape index (κ2) is 6.61. The van der Waals surface area contributed by atoms with Crippen LogP contribution in [0.25, 0.3) is 0 Å². The summed E-state index contributed by atoms with van der Waals surface area (Å²) in [4.78, 5) is 38.1. The lowest BCUT2D eigenvalue weighted by Gasteiger charge is -2.20. The number of benzene rings is 3. The van der Waals surface area contributed by atoms with E-state index >= 15 is 0 Å². The molecule has 3 N–H and O–H groups in total. The fourth-order valence-electron chi connectivity index (χ4n) is 3.18. The number of aromatic hydroxyl groups is 2. The first-order valence-electron chi connectivity index (χ1n) is 8.22. The molecule has 138 valence electrons. The first kappa shape index (κ1) is 17.9. The van der Waals surface area contributed by atoms with Crippen molar-refractivity contribution in [1.29, 1.82) is 0 Å². The Labute approximate surface area is 167 Å². The third-order valence-corrected chi connectivity index (χ3v) is 4.94. The van der Waals surface area contributed by atoms with Crippen molar-refractivity contribution in [1.82, 2.24) is 0 Å². The average Bonchev–Trinajstić information content (AvgIpc) is 2.65. The van der Waals surface area contributed by atoms with E-state index in [1.54, 1.807) is 24.3 Å². The first-order valence-corrected chi connectivity index (χ1v) is 9.01. The molecule has 0 unspecified atom stereocenters. The highest BCUT2D eigenvalue weighted by molar-refractivity contribution is 9.10. The second-order valence-corrected chi connectivity index (χ2v) is 7.16. The zero-order chi connectivity index (χ0) is 20.0. The van der Waals surface area contributed by atoms with Gasteiger partial charge in [0.05, 0.1) is 11.1 Å². The Bertz CT molecular complexity index is 1190. The minimum absolute atomic E-state index is 0.0287. The van der Waals surface area contributed by atoms with Gasteiger partial charge in [-0.05, 0) is 36.4 Å². The zero-order valence-corrected chi connectivity index (χ0v) is 15.8. The highest BCUT2D eigenvalue weighted by Gasteiger charge is 2.35. The smallest absolute Gasteiger partial charge is 0.255 e. The lowest BCUT2D eigenvalue weighted by atomic mass is 9.82. The molecule has 0 heterocycles. The van der Waals surface area contributed by atoms with Crippen molar-refractivity contribution >= 4 is 39.1 Å². The van der Waals surface area contributed by atoms with Crippen LogP contribution in [0.2, 0.25) is 0 Å². The van der Waals surface area contributed by atoms with Crippen LogP contribution in [-0.4, -0.2) is 27.7 Å². The van der Waals surface area contributed by atoms with Gasteiger partial charge in [-0.1, -0.05) is 34.1 Å². The van der Waals surface area contributed by atoms with E-state index in [0.29, 0.717) is 5.69 Å². The van der Waals surface area contributed by atoms with Gasteiger partial charge in [-0.25, -0.2) is 0 Å². The summed E-state index contributed by atoms with van der Waals surface area (Å²) in [6, 6.07) is 13.5. The summed E-state index contributed by atoms with van der Waals surface area (Å²) in [6.07, 6.45) is 0. The monoisotopic (exact) mass is 437 g/mol. The Morgan fingerprint density at radius 1 is 0.821 bits per heavy atom. The molecular formula is C21H12BrNO5. The van der Waals surface area contributed by atoms with Gasteiger partial charge < -0.3 is 15.5 Å². The van der Waals surface area contributed by atoms with Gasteiger partial charge >= 0.3 is 0 Å². The average molecular weight is 438 g/mol. The van der Waals surface area contributed by atoms with E-state index in [2.05, 4.69) is 21.2 Å². The molecule has 0 bridgehead atoms. The van der Waals surface area contributed by atoms with Crippen LogP contribution >= 0.6 is 15.9 Å². The number of amides is 1. The number of ketones is 2. The molecule has 1 aliphatic rings. The van der Waals surface area contributed by atoms with E-state index in [1.807, 2.05) is 0 Å². The van der Waals surface area contributed by atoms with Gasteiger partial charge in [0, 0.05) is 26.9 Å². The van der Waals surface area contributed by atoms with Gasteiger partial charge in [0.1, 0.15) is 11.5 Å². The standard InChI is InChI=1S/C21H12BrNO5/c22-11-3-1-4-12(9-11)23-21(28)10-7-14-18(16(25)8-10)20(27)17-13(19(14)26)5-2-6-15(17)24/h1-9,24-25H,(H,23,28). The zero-order valence-electron chi connectivity index (χ0n) is 14.2. The molecule has 0 radical (unpaired) electrons. The van der Waals surface area contributed by atoms with Crippen molar-refractivity contribution in [2.45, 2.75) is 0 Å². The molecule has 0 spiro atoms. The largest absolute Gasteiger partial charge is 0.507 e. The van der Waals surface area contributed by atoms with Crippen molar-refractivity contribution in [3.8, 4) is 11.5 Å². The fourth-order valence-corrected chi connectivity index (χ4v) is 3.58. The summed E-state index contributed by atoms with van der Waals surface area (Å²) in [6.45, 7) is 0. The van der Waals surface area contributed by atoms with E-state index in [-0.39, 0.29) is 33.6 Å². The summed E-state index contributed by atoms with van der Waals surface area (Å²) < 4.78 is 0.774. The van der Waals surface area contributed by atoms with Crippen LogP contribution in [0.3, 0.4) is 0 Å². The van der Waals surface area contributed by atoms with Gasteiger partial charge in [-0.2, -0.15) is 0 Å². The molecule has 0 aliphatic heterocycles. The second-order valence-electron chi connectivity index (χ2n) is 6.24. The molecule has 0 fully saturated rings. The normalized spacial score (nSPS) is 12.3.